The average molecular weight is 329 g/mol. The lowest BCUT2D eigenvalue weighted by atomic mass is 9.98. The molecule has 1 amide bonds. The Morgan fingerprint density at radius 3 is 2.50 bits per heavy atom. The zero-order valence-electron chi connectivity index (χ0n) is 13.0. The molecule has 1 saturated heterocycles. The first-order chi connectivity index (χ1) is 11.5. The number of rotatable bonds is 5. The molecule has 0 unspecified atom stereocenters. The number of halogens is 2. The molecular weight excluding hydrogens is 312 g/mol. The summed E-state index contributed by atoms with van der Waals surface area (Å²) in [6.45, 7) is 0.599. The summed E-state index contributed by atoms with van der Waals surface area (Å²) in [4.78, 5) is 25.4. The first-order valence-electron chi connectivity index (χ1n) is 7.84. The van der Waals surface area contributed by atoms with Crippen LogP contribution in [0.5, 0.6) is 0 Å². The molecule has 24 heavy (non-hydrogen) atoms. The number of benzene rings is 2. The maximum absolute atomic E-state index is 14.3. The van der Waals surface area contributed by atoms with Gasteiger partial charge in [0.25, 0.3) is 0 Å². The van der Waals surface area contributed by atoms with E-state index in [2.05, 4.69) is 0 Å². The summed E-state index contributed by atoms with van der Waals surface area (Å²) < 4.78 is 28.7. The van der Waals surface area contributed by atoms with E-state index in [1.807, 2.05) is 0 Å². The van der Waals surface area contributed by atoms with Crippen molar-refractivity contribution >= 4 is 17.4 Å². The number of carbonyl (C=O) groups is 2. The average Bonchev–Trinajstić information content (AvgIpc) is 3.01. The molecule has 0 spiro atoms. The summed E-state index contributed by atoms with van der Waals surface area (Å²) >= 11 is 0. The van der Waals surface area contributed by atoms with Crippen LogP contribution >= 0.6 is 0 Å². The van der Waals surface area contributed by atoms with Gasteiger partial charge in [0.15, 0.2) is 0 Å². The summed E-state index contributed by atoms with van der Waals surface area (Å²) in [5, 5.41) is 0. The Morgan fingerprint density at radius 2 is 1.83 bits per heavy atom. The molecule has 1 aliphatic rings. The number of nitrogens with zero attached hydrogens (tertiary/aromatic N) is 1. The van der Waals surface area contributed by atoms with Crippen LogP contribution in [0.1, 0.15) is 28.8 Å². The lowest BCUT2D eigenvalue weighted by Crippen LogP contribution is -2.31. The van der Waals surface area contributed by atoms with E-state index in [1.165, 1.54) is 12.1 Å². The molecule has 2 aromatic carbocycles. The number of carbonyl (C=O) groups excluding carboxylic acids is 2. The van der Waals surface area contributed by atoms with Crippen LogP contribution in [0.25, 0.3) is 0 Å². The minimum Gasteiger partial charge on any atom is -0.312 e. The molecule has 0 aromatic heterocycles. The Hall–Kier alpha value is -2.56. The molecule has 124 valence electrons. The lowest BCUT2D eigenvalue weighted by Gasteiger charge is -2.19. The molecule has 1 heterocycles. The fourth-order valence-electron chi connectivity index (χ4n) is 2.89. The van der Waals surface area contributed by atoms with Crippen molar-refractivity contribution in [3.05, 3.63) is 65.7 Å². The molecular formula is C19H17F2NO2. The van der Waals surface area contributed by atoms with E-state index in [0.717, 1.165) is 6.42 Å². The summed E-state index contributed by atoms with van der Waals surface area (Å²) in [5.41, 5.74) is 0.938. The van der Waals surface area contributed by atoms with Gasteiger partial charge in [-0.25, -0.2) is 0 Å². The van der Waals surface area contributed by atoms with Gasteiger partial charge in [-0.1, -0.05) is 42.5 Å². The summed E-state index contributed by atoms with van der Waals surface area (Å²) in [5.74, 6) is -4.68. The van der Waals surface area contributed by atoms with Crippen LogP contribution in [0, 0.1) is 0 Å². The second-order valence-corrected chi connectivity index (χ2v) is 5.90. The fourth-order valence-corrected chi connectivity index (χ4v) is 2.89. The van der Waals surface area contributed by atoms with Crippen molar-refractivity contribution in [3.8, 4) is 0 Å². The monoisotopic (exact) mass is 329 g/mol. The smallest absolute Gasteiger partial charge is 0.312 e. The maximum Gasteiger partial charge on any atom is 0.313 e. The minimum atomic E-state index is -3.49. The van der Waals surface area contributed by atoms with Crippen LogP contribution in [-0.4, -0.2) is 24.2 Å². The van der Waals surface area contributed by atoms with E-state index in [9.17, 15) is 18.4 Å². The van der Waals surface area contributed by atoms with E-state index in [0.29, 0.717) is 24.2 Å². The first kappa shape index (κ1) is 16.3. The van der Waals surface area contributed by atoms with Crippen molar-refractivity contribution in [2.75, 3.05) is 11.4 Å². The number of Topliss-reactive ketones (excluding diaryl/α,β-unsaturated/α-hetero) is 1. The largest absolute Gasteiger partial charge is 0.313 e. The second-order valence-electron chi connectivity index (χ2n) is 5.90. The van der Waals surface area contributed by atoms with Crippen LogP contribution in [-0.2, 0) is 11.2 Å². The Balaban J connectivity index is 1.80. The van der Waals surface area contributed by atoms with Gasteiger partial charge < -0.3 is 4.90 Å². The Bertz CT molecular complexity index is 759. The normalized spacial score (nSPS) is 14.9. The zero-order valence-corrected chi connectivity index (χ0v) is 13.0. The van der Waals surface area contributed by atoms with Crippen molar-refractivity contribution in [3.63, 3.8) is 0 Å². The van der Waals surface area contributed by atoms with Crippen molar-refractivity contribution in [1.29, 1.82) is 0 Å². The third kappa shape index (κ3) is 3.35. The van der Waals surface area contributed by atoms with Gasteiger partial charge in [-0.2, -0.15) is 8.78 Å². The molecule has 0 saturated carbocycles. The topological polar surface area (TPSA) is 37.4 Å². The van der Waals surface area contributed by atoms with Crippen molar-refractivity contribution in [2.24, 2.45) is 0 Å². The van der Waals surface area contributed by atoms with Crippen molar-refractivity contribution in [1.82, 2.24) is 0 Å². The van der Waals surface area contributed by atoms with Gasteiger partial charge in [0.1, 0.15) is 0 Å². The molecule has 3 rings (SSSR count). The van der Waals surface area contributed by atoms with Crippen LogP contribution in [0.4, 0.5) is 14.5 Å². The Kier molecular flexibility index (Phi) is 4.42. The van der Waals surface area contributed by atoms with Crippen molar-refractivity contribution in [2.45, 2.75) is 25.2 Å². The molecule has 0 bridgehead atoms. The van der Waals surface area contributed by atoms with E-state index >= 15 is 0 Å². The Morgan fingerprint density at radius 1 is 1.08 bits per heavy atom. The number of hydrogen-bond donors (Lipinski definition) is 0. The van der Waals surface area contributed by atoms with Gasteiger partial charge >= 0.3 is 5.92 Å². The standard InChI is InChI=1S/C19H17F2NO2/c20-19(21,18(24)15-7-2-1-3-8-15)13-14-6-4-9-16(12-14)22-11-5-10-17(22)23/h1-4,6-9,12H,5,10-11,13H2. The number of ketones is 1. The summed E-state index contributed by atoms with van der Waals surface area (Å²) in [7, 11) is 0. The molecule has 0 aliphatic carbocycles. The highest BCUT2D eigenvalue weighted by molar-refractivity contribution is 6.01. The molecule has 1 fully saturated rings. The number of hydrogen-bond acceptors (Lipinski definition) is 2. The highest BCUT2D eigenvalue weighted by Gasteiger charge is 2.39. The van der Waals surface area contributed by atoms with Crippen LogP contribution in [0.15, 0.2) is 54.6 Å². The lowest BCUT2D eigenvalue weighted by molar-refractivity contribution is -0.117. The van der Waals surface area contributed by atoms with E-state index in [4.69, 9.17) is 0 Å². The molecule has 0 atom stereocenters. The molecule has 2 aromatic rings. The predicted molar refractivity (Wildman–Crippen MR) is 87.5 cm³/mol. The van der Waals surface area contributed by atoms with Gasteiger partial charge in [0.2, 0.25) is 11.7 Å². The molecule has 5 heteroatoms. The summed E-state index contributed by atoms with van der Waals surface area (Å²) in [6, 6.07) is 14.0. The van der Waals surface area contributed by atoms with Crippen LogP contribution < -0.4 is 4.90 Å². The van der Waals surface area contributed by atoms with Gasteiger partial charge in [-0.15, -0.1) is 0 Å². The summed E-state index contributed by atoms with van der Waals surface area (Å²) in [6.07, 6.45) is 0.565. The zero-order chi connectivity index (χ0) is 17.2. The third-order valence-electron chi connectivity index (χ3n) is 4.09. The minimum absolute atomic E-state index is 0.000674. The number of alkyl halides is 2. The number of amides is 1. The van der Waals surface area contributed by atoms with Crippen LogP contribution in [0.2, 0.25) is 0 Å². The number of anilines is 1. The van der Waals surface area contributed by atoms with E-state index in [-0.39, 0.29) is 11.5 Å². The SMILES string of the molecule is O=C1CCCN1c1cccc(CC(F)(F)C(=O)c2ccccc2)c1. The molecule has 0 radical (unpaired) electrons. The van der Waals surface area contributed by atoms with Gasteiger partial charge in [0.05, 0.1) is 0 Å². The van der Waals surface area contributed by atoms with E-state index < -0.39 is 18.1 Å². The van der Waals surface area contributed by atoms with Gasteiger partial charge in [0, 0.05) is 30.6 Å². The van der Waals surface area contributed by atoms with Gasteiger partial charge in [-0.3, -0.25) is 9.59 Å². The van der Waals surface area contributed by atoms with E-state index in [1.54, 1.807) is 47.4 Å². The molecule has 1 aliphatic heterocycles. The molecule has 0 N–H and O–H groups in total. The third-order valence-corrected chi connectivity index (χ3v) is 4.09. The van der Waals surface area contributed by atoms with Crippen molar-refractivity contribution < 1.29 is 18.4 Å². The quantitative estimate of drug-likeness (QED) is 0.781. The highest BCUT2D eigenvalue weighted by Crippen LogP contribution is 2.28. The molecule has 3 nitrogen and oxygen atoms in total. The second kappa shape index (κ2) is 6.51. The predicted octanol–water partition coefficient (Wildman–Crippen LogP) is 3.87. The van der Waals surface area contributed by atoms with Gasteiger partial charge in [-0.05, 0) is 24.1 Å². The fraction of sp³-hybridized carbons (Fsp3) is 0.263. The Labute approximate surface area is 138 Å². The van der Waals surface area contributed by atoms with Crippen LogP contribution in [0.3, 0.4) is 0 Å². The maximum atomic E-state index is 14.3. The highest BCUT2D eigenvalue weighted by atomic mass is 19.3. The first-order valence-corrected chi connectivity index (χ1v) is 7.84.